The molecule has 24 heavy (non-hydrogen) atoms. The van der Waals surface area contributed by atoms with Crippen molar-refractivity contribution in [1.82, 2.24) is 0 Å². The molecule has 0 heterocycles. The van der Waals surface area contributed by atoms with Gasteiger partial charge in [0.2, 0.25) is 6.04 Å². The van der Waals surface area contributed by atoms with Crippen LogP contribution in [0.15, 0.2) is 30.3 Å². The molecule has 2 atom stereocenters. The lowest BCUT2D eigenvalue weighted by molar-refractivity contribution is -0.528. The minimum atomic E-state index is -1.37. The highest BCUT2D eigenvalue weighted by atomic mass is 16.6. The Hall–Kier alpha value is -2.44. The first kappa shape index (κ1) is 19.6. The van der Waals surface area contributed by atoms with E-state index in [-0.39, 0.29) is 19.6 Å². The summed E-state index contributed by atoms with van der Waals surface area (Å²) in [5.74, 6) is -3.93. The highest BCUT2D eigenvalue weighted by Crippen LogP contribution is 2.33. The number of rotatable bonds is 9. The number of carbonyl (C=O) groups excluding carboxylic acids is 2. The Kier molecular flexibility index (Phi) is 7.88. The number of carbonyl (C=O) groups is 2. The van der Waals surface area contributed by atoms with Crippen molar-refractivity contribution in [1.29, 1.82) is 0 Å². The van der Waals surface area contributed by atoms with Gasteiger partial charge in [-0.05, 0) is 19.4 Å². The van der Waals surface area contributed by atoms with Crippen LogP contribution < -0.4 is 0 Å². The van der Waals surface area contributed by atoms with E-state index in [0.717, 1.165) is 0 Å². The summed E-state index contributed by atoms with van der Waals surface area (Å²) >= 11 is 0. The predicted molar refractivity (Wildman–Crippen MR) is 87.0 cm³/mol. The Morgan fingerprint density at radius 2 is 1.54 bits per heavy atom. The fraction of sp³-hybridized carbons (Fsp3) is 0.529. The molecule has 7 heteroatoms. The summed E-state index contributed by atoms with van der Waals surface area (Å²) < 4.78 is 9.97. The Morgan fingerprint density at radius 3 is 1.92 bits per heavy atom. The molecule has 0 saturated carbocycles. The second-order valence-electron chi connectivity index (χ2n) is 5.18. The maximum atomic E-state index is 12.4. The predicted octanol–water partition coefficient (Wildman–Crippen LogP) is 2.57. The van der Waals surface area contributed by atoms with E-state index in [2.05, 4.69) is 0 Å². The molecule has 7 nitrogen and oxygen atoms in total. The van der Waals surface area contributed by atoms with Gasteiger partial charge in [0.15, 0.2) is 5.92 Å². The first-order valence-electron chi connectivity index (χ1n) is 7.99. The van der Waals surface area contributed by atoms with E-state index in [0.29, 0.717) is 5.56 Å². The molecule has 0 aliphatic rings. The molecule has 0 bridgehead atoms. The van der Waals surface area contributed by atoms with Crippen molar-refractivity contribution >= 4 is 11.9 Å². The second kappa shape index (κ2) is 9.64. The summed E-state index contributed by atoms with van der Waals surface area (Å²) in [6.45, 7) is 5.03. The third kappa shape index (κ3) is 4.78. The van der Waals surface area contributed by atoms with Crippen LogP contribution in [-0.2, 0) is 19.1 Å². The molecule has 0 spiro atoms. The number of hydrogen-bond acceptors (Lipinski definition) is 6. The van der Waals surface area contributed by atoms with E-state index < -0.39 is 34.7 Å². The third-order valence-corrected chi connectivity index (χ3v) is 3.73. The average molecular weight is 337 g/mol. The van der Waals surface area contributed by atoms with E-state index in [9.17, 15) is 19.7 Å². The summed E-state index contributed by atoms with van der Waals surface area (Å²) in [4.78, 5) is 35.8. The van der Waals surface area contributed by atoms with Crippen LogP contribution in [0.4, 0.5) is 0 Å². The second-order valence-corrected chi connectivity index (χ2v) is 5.18. The summed E-state index contributed by atoms with van der Waals surface area (Å²) in [7, 11) is 0. The molecule has 1 aromatic carbocycles. The molecule has 2 unspecified atom stereocenters. The number of nitro groups is 1. The topological polar surface area (TPSA) is 95.7 Å². The molecule has 0 aliphatic carbocycles. The van der Waals surface area contributed by atoms with E-state index in [1.165, 1.54) is 0 Å². The van der Waals surface area contributed by atoms with Crippen molar-refractivity contribution in [3.05, 3.63) is 46.0 Å². The minimum absolute atomic E-state index is 0.0749. The zero-order valence-corrected chi connectivity index (χ0v) is 14.1. The summed E-state index contributed by atoms with van der Waals surface area (Å²) in [5.41, 5.74) is 0.534. The monoisotopic (exact) mass is 337 g/mol. The SMILES string of the molecule is CCOC(=O)C(C(=O)OCC)C(c1ccccc1)C(CC)[N+](=O)[O-]. The van der Waals surface area contributed by atoms with E-state index in [1.54, 1.807) is 51.1 Å². The first-order valence-corrected chi connectivity index (χ1v) is 7.99. The van der Waals surface area contributed by atoms with Crippen molar-refractivity contribution in [2.24, 2.45) is 5.92 Å². The number of ether oxygens (including phenoxy) is 2. The van der Waals surface area contributed by atoms with Gasteiger partial charge in [0.1, 0.15) is 0 Å². The maximum absolute atomic E-state index is 12.4. The summed E-state index contributed by atoms with van der Waals surface area (Å²) in [5, 5.41) is 11.5. The largest absolute Gasteiger partial charge is 0.465 e. The minimum Gasteiger partial charge on any atom is -0.465 e. The van der Waals surface area contributed by atoms with Crippen LogP contribution in [0, 0.1) is 16.0 Å². The van der Waals surface area contributed by atoms with Gasteiger partial charge < -0.3 is 9.47 Å². The summed E-state index contributed by atoms with van der Waals surface area (Å²) in [6.07, 6.45) is 0.169. The van der Waals surface area contributed by atoms with Crippen LogP contribution in [-0.4, -0.2) is 36.1 Å². The van der Waals surface area contributed by atoms with E-state index >= 15 is 0 Å². The smallest absolute Gasteiger partial charge is 0.321 e. The molecule has 132 valence electrons. The lowest BCUT2D eigenvalue weighted by Crippen LogP contribution is -2.41. The molecule has 0 fully saturated rings. The van der Waals surface area contributed by atoms with Crippen LogP contribution in [0.1, 0.15) is 38.7 Å². The average Bonchev–Trinajstić information content (AvgIpc) is 2.55. The molecule has 0 N–H and O–H groups in total. The third-order valence-electron chi connectivity index (χ3n) is 3.73. The maximum Gasteiger partial charge on any atom is 0.321 e. The van der Waals surface area contributed by atoms with Crippen LogP contribution in [0.25, 0.3) is 0 Å². The standard InChI is InChI=1S/C17H23NO6/c1-4-13(18(21)22)14(12-10-8-7-9-11-12)15(16(19)23-5-2)17(20)24-6-3/h7-11,13-15H,4-6H2,1-3H3. The van der Waals surface area contributed by atoms with Gasteiger partial charge in [-0.2, -0.15) is 0 Å². The Labute approximate surface area is 141 Å². The number of esters is 2. The molecule has 1 aromatic rings. The highest BCUT2D eigenvalue weighted by molar-refractivity contribution is 5.96. The van der Waals surface area contributed by atoms with Gasteiger partial charge in [-0.15, -0.1) is 0 Å². The fourth-order valence-corrected chi connectivity index (χ4v) is 2.70. The van der Waals surface area contributed by atoms with Gasteiger partial charge in [-0.3, -0.25) is 19.7 Å². The first-order chi connectivity index (χ1) is 11.5. The van der Waals surface area contributed by atoms with Gasteiger partial charge in [-0.25, -0.2) is 0 Å². The van der Waals surface area contributed by atoms with E-state index in [1.807, 2.05) is 0 Å². The van der Waals surface area contributed by atoms with Crippen LogP contribution >= 0.6 is 0 Å². The zero-order valence-electron chi connectivity index (χ0n) is 14.1. The van der Waals surface area contributed by atoms with Crippen molar-refractivity contribution in [2.45, 2.75) is 39.2 Å². The molecular formula is C17H23NO6. The van der Waals surface area contributed by atoms with Crippen LogP contribution in [0.3, 0.4) is 0 Å². The fourth-order valence-electron chi connectivity index (χ4n) is 2.70. The van der Waals surface area contributed by atoms with Gasteiger partial charge in [-0.1, -0.05) is 37.3 Å². The molecule has 0 saturated heterocycles. The highest BCUT2D eigenvalue weighted by Gasteiger charge is 2.46. The summed E-state index contributed by atoms with van der Waals surface area (Å²) in [6, 6.07) is 7.42. The molecule has 0 amide bonds. The lowest BCUT2D eigenvalue weighted by Gasteiger charge is -2.26. The van der Waals surface area contributed by atoms with Crippen molar-refractivity contribution in [3.8, 4) is 0 Å². The normalized spacial score (nSPS) is 13.2. The van der Waals surface area contributed by atoms with Gasteiger partial charge in [0, 0.05) is 11.3 Å². The van der Waals surface area contributed by atoms with Crippen molar-refractivity contribution < 1.29 is 24.0 Å². The molecule has 1 rings (SSSR count). The van der Waals surface area contributed by atoms with Crippen molar-refractivity contribution in [2.75, 3.05) is 13.2 Å². The lowest BCUT2D eigenvalue weighted by atomic mass is 9.79. The molecular weight excluding hydrogens is 314 g/mol. The Morgan fingerprint density at radius 1 is 1.04 bits per heavy atom. The quantitative estimate of drug-likeness (QED) is 0.297. The molecule has 0 radical (unpaired) electrons. The molecule has 0 aliphatic heterocycles. The van der Waals surface area contributed by atoms with Crippen molar-refractivity contribution in [3.63, 3.8) is 0 Å². The Balaban J connectivity index is 3.41. The van der Waals surface area contributed by atoms with Gasteiger partial charge in [0.05, 0.1) is 19.1 Å². The zero-order chi connectivity index (χ0) is 18.1. The van der Waals surface area contributed by atoms with Gasteiger partial charge >= 0.3 is 11.9 Å². The Bertz CT molecular complexity index is 541. The van der Waals surface area contributed by atoms with Gasteiger partial charge in [0.25, 0.3) is 0 Å². The van der Waals surface area contributed by atoms with E-state index in [4.69, 9.17) is 9.47 Å². The van der Waals surface area contributed by atoms with Crippen LogP contribution in [0.2, 0.25) is 0 Å². The van der Waals surface area contributed by atoms with Crippen LogP contribution in [0.5, 0.6) is 0 Å². The number of nitrogens with zero attached hydrogens (tertiary/aromatic N) is 1. The number of benzene rings is 1. The molecule has 0 aromatic heterocycles. The number of hydrogen-bond donors (Lipinski definition) is 0.